The smallest absolute Gasteiger partial charge is 0.120 e. The Hall–Kier alpha value is -0.540. The second-order valence-corrected chi connectivity index (χ2v) is 6.71. The van der Waals surface area contributed by atoms with Gasteiger partial charge in [0.15, 0.2) is 0 Å². The molecule has 1 N–H and O–H groups in total. The van der Waals surface area contributed by atoms with Crippen LogP contribution in [0.4, 0.5) is 0 Å². The summed E-state index contributed by atoms with van der Waals surface area (Å²) in [6.07, 6.45) is 1.05. The third-order valence-corrected chi connectivity index (χ3v) is 3.68. The van der Waals surface area contributed by atoms with E-state index in [9.17, 15) is 0 Å². The number of rotatable bonds is 5. The SMILES string of the molecule is CNC(C)c1ccc(OCCC(C)(C)C)cc1Br. The standard InChI is InChI=1S/C15H24BrNO/c1-11(17-5)13-7-6-12(10-14(13)16)18-9-8-15(2,3)4/h6-7,10-11,17H,8-9H2,1-5H3. The van der Waals surface area contributed by atoms with E-state index < -0.39 is 0 Å². The molecule has 1 rings (SSSR count). The molecule has 0 heterocycles. The molecule has 3 heteroatoms. The fourth-order valence-electron chi connectivity index (χ4n) is 1.58. The lowest BCUT2D eigenvalue weighted by Gasteiger charge is -2.19. The monoisotopic (exact) mass is 313 g/mol. The zero-order valence-corrected chi connectivity index (χ0v) is 13.6. The van der Waals surface area contributed by atoms with Gasteiger partial charge >= 0.3 is 0 Å². The number of benzene rings is 1. The topological polar surface area (TPSA) is 21.3 Å². The molecule has 0 spiro atoms. The number of halogens is 1. The van der Waals surface area contributed by atoms with Crippen LogP contribution in [0.3, 0.4) is 0 Å². The van der Waals surface area contributed by atoms with Crippen LogP contribution >= 0.6 is 15.9 Å². The van der Waals surface area contributed by atoms with Crippen molar-refractivity contribution in [3.8, 4) is 5.75 Å². The number of nitrogens with one attached hydrogen (secondary N) is 1. The summed E-state index contributed by atoms with van der Waals surface area (Å²) in [7, 11) is 1.96. The molecule has 1 unspecified atom stereocenters. The number of ether oxygens (including phenoxy) is 1. The minimum absolute atomic E-state index is 0.317. The van der Waals surface area contributed by atoms with Gasteiger partial charge in [0.25, 0.3) is 0 Å². The van der Waals surface area contributed by atoms with Crippen molar-refractivity contribution in [3.05, 3.63) is 28.2 Å². The van der Waals surface area contributed by atoms with E-state index in [4.69, 9.17) is 4.74 Å². The molecule has 0 saturated heterocycles. The van der Waals surface area contributed by atoms with Gasteiger partial charge in [-0.15, -0.1) is 0 Å². The van der Waals surface area contributed by atoms with Gasteiger partial charge in [-0.1, -0.05) is 42.8 Å². The van der Waals surface area contributed by atoms with Crippen LogP contribution in [0.15, 0.2) is 22.7 Å². The van der Waals surface area contributed by atoms with Gasteiger partial charge in [0.1, 0.15) is 5.75 Å². The number of hydrogen-bond donors (Lipinski definition) is 1. The highest BCUT2D eigenvalue weighted by Crippen LogP contribution is 2.28. The molecular weight excluding hydrogens is 290 g/mol. The summed E-state index contributed by atoms with van der Waals surface area (Å²) in [6, 6.07) is 6.53. The summed E-state index contributed by atoms with van der Waals surface area (Å²) >= 11 is 3.60. The van der Waals surface area contributed by atoms with Crippen LogP contribution < -0.4 is 10.1 Å². The van der Waals surface area contributed by atoms with E-state index in [1.807, 2.05) is 19.2 Å². The van der Waals surface area contributed by atoms with Crippen molar-refractivity contribution >= 4 is 15.9 Å². The van der Waals surface area contributed by atoms with E-state index in [-0.39, 0.29) is 0 Å². The van der Waals surface area contributed by atoms with E-state index in [0.29, 0.717) is 11.5 Å². The van der Waals surface area contributed by atoms with Gasteiger partial charge in [0.05, 0.1) is 6.61 Å². The molecule has 1 aromatic rings. The number of hydrogen-bond acceptors (Lipinski definition) is 2. The van der Waals surface area contributed by atoms with Crippen molar-refractivity contribution in [2.45, 2.75) is 40.2 Å². The molecule has 0 saturated carbocycles. The van der Waals surface area contributed by atoms with E-state index in [2.05, 4.69) is 55.0 Å². The zero-order chi connectivity index (χ0) is 13.8. The van der Waals surface area contributed by atoms with Crippen molar-refractivity contribution in [2.24, 2.45) is 5.41 Å². The van der Waals surface area contributed by atoms with Crippen LogP contribution in [-0.2, 0) is 0 Å². The minimum atomic E-state index is 0.317. The highest BCUT2D eigenvalue weighted by molar-refractivity contribution is 9.10. The third kappa shape index (κ3) is 4.99. The normalized spacial score (nSPS) is 13.4. The van der Waals surface area contributed by atoms with Gasteiger partial charge in [-0.3, -0.25) is 0 Å². The maximum Gasteiger partial charge on any atom is 0.120 e. The van der Waals surface area contributed by atoms with Crippen molar-refractivity contribution in [3.63, 3.8) is 0 Å². The lowest BCUT2D eigenvalue weighted by molar-refractivity contribution is 0.243. The Morgan fingerprint density at radius 1 is 1.33 bits per heavy atom. The van der Waals surface area contributed by atoms with Crippen molar-refractivity contribution < 1.29 is 4.74 Å². The van der Waals surface area contributed by atoms with Crippen LogP contribution in [-0.4, -0.2) is 13.7 Å². The fraction of sp³-hybridized carbons (Fsp3) is 0.600. The summed E-state index contributed by atoms with van der Waals surface area (Å²) in [6.45, 7) is 9.58. The van der Waals surface area contributed by atoms with Gasteiger partial charge in [-0.2, -0.15) is 0 Å². The Balaban J connectivity index is 2.62. The first kappa shape index (κ1) is 15.5. The Morgan fingerprint density at radius 2 is 2.00 bits per heavy atom. The first-order valence-corrected chi connectivity index (χ1v) is 7.22. The predicted octanol–water partition coefficient (Wildman–Crippen LogP) is 4.54. The molecule has 0 aliphatic carbocycles. The average Bonchev–Trinajstić information content (AvgIpc) is 2.26. The summed E-state index contributed by atoms with van der Waals surface area (Å²) in [5.41, 5.74) is 1.57. The van der Waals surface area contributed by atoms with Crippen LogP contribution in [0, 0.1) is 5.41 Å². The average molecular weight is 314 g/mol. The van der Waals surface area contributed by atoms with Gasteiger partial charge in [0, 0.05) is 10.5 Å². The molecule has 0 aliphatic heterocycles. The zero-order valence-electron chi connectivity index (χ0n) is 12.0. The second-order valence-electron chi connectivity index (χ2n) is 5.85. The molecule has 18 heavy (non-hydrogen) atoms. The lowest BCUT2D eigenvalue weighted by Crippen LogP contribution is -2.13. The first-order chi connectivity index (χ1) is 8.33. The van der Waals surface area contributed by atoms with Gasteiger partial charge in [-0.25, -0.2) is 0 Å². The summed E-state index contributed by atoms with van der Waals surface area (Å²) in [5, 5.41) is 3.23. The molecule has 0 bridgehead atoms. The molecular formula is C15H24BrNO. The van der Waals surface area contributed by atoms with E-state index in [0.717, 1.165) is 23.2 Å². The second kappa shape index (κ2) is 6.58. The van der Waals surface area contributed by atoms with E-state index >= 15 is 0 Å². The molecule has 1 aromatic carbocycles. The maximum atomic E-state index is 5.78. The van der Waals surface area contributed by atoms with Gasteiger partial charge < -0.3 is 10.1 Å². The van der Waals surface area contributed by atoms with Crippen LogP contribution in [0.5, 0.6) is 5.75 Å². The highest BCUT2D eigenvalue weighted by Gasteiger charge is 2.11. The molecule has 2 nitrogen and oxygen atoms in total. The third-order valence-electron chi connectivity index (χ3n) is 2.99. The van der Waals surface area contributed by atoms with Crippen LogP contribution in [0.1, 0.15) is 45.7 Å². The van der Waals surface area contributed by atoms with Gasteiger partial charge in [0.2, 0.25) is 0 Å². The van der Waals surface area contributed by atoms with Crippen molar-refractivity contribution in [2.75, 3.05) is 13.7 Å². The Bertz CT molecular complexity index is 385. The molecule has 0 aliphatic rings. The quantitative estimate of drug-likeness (QED) is 0.861. The molecule has 0 radical (unpaired) electrons. The van der Waals surface area contributed by atoms with Gasteiger partial charge in [-0.05, 0) is 43.5 Å². The minimum Gasteiger partial charge on any atom is -0.494 e. The molecule has 0 amide bonds. The molecule has 1 atom stereocenters. The molecule has 0 aromatic heterocycles. The van der Waals surface area contributed by atoms with Crippen LogP contribution in [0.2, 0.25) is 0 Å². The maximum absolute atomic E-state index is 5.78. The van der Waals surface area contributed by atoms with Crippen molar-refractivity contribution in [1.82, 2.24) is 5.32 Å². The highest BCUT2D eigenvalue weighted by atomic mass is 79.9. The van der Waals surface area contributed by atoms with Crippen molar-refractivity contribution in [1.29, 1.82) is 0 Å². The Labute approximate surface area is 119 Å². The fourth-order valence-corrected chi connectivity index (χ4v) is 2.28. The lowest BCUT2D eigenvalue weighted by atomic mass is 9.93. The van der Waals surface area contributed by atoms with Crippen LogP contribution in [0.25, 0.3) is 0 Å². The predicted molar refractivity (Wildman–Crippen MR) is 81.2 cm³/mol. The Morgan fingerprint density at radius 3 is 2.50 bits per heavy atom. The van der Waals surface area contributed by atoms with E-state index in [1.165, 1.54) is 5.56 Å². The summed E-state index contributed by atoms with van der Waals surface area (Å²) in [5.74, 6) is 0.929. The van der Waals surface area contributed by atoms with E-state index in [1.54, 1.807) is 0 Å². The first-order valence-electron chi connectivity index (χ1n) is 6.43. The molecule has 0 fully saturated rings. The largest absolute Gasteiger partial charge is 0.494 e. The molecule has 102 valence electrons. The summed E-state index contributed by atoms with van der Waals surface area (Å²) in [4.78, 5) is 0. The Kier molecular flexibility index (Phi) is 5.67. The summed E-state index contributed by atoms with van der Waals surface area (Å²) < 4.78 is 6.88.